The summed E-state index contributed by atoms with van der Waals surface area (Å²) in [5.41, 5.74) is 0. The molecule has 2 aromatic heterocycles. The summed E-state index contributed by atoms with van der Waals surface area (Å²) < 4.78 is 14.9. The van der Waals surface area contributed by atoms with Gasteiger partial charge in [0.15, 0.2) is 0 Å². The van der Waals surface area contributed by atoms with E-state index in [1.807, 2.05) is 6.20 Å². The topological polar surface area (TPSA) is 42.7 Å². The molecule has 2 aromatic rings. The van der Waals surface area contributed by atoms with Crippen LogP contribution in [0.15, 0.2) is 30.6 Å². The minimum Gasteiger partial charge on any atom is -0.363 e. The van der Waals surface area contributed by atoms with E-state index in [1.165, 1.54) is 6.07 Å². The Balaban J connectivity index is 1.99. The second kappa shape index (κ2) is 5.43. The molecule has 0 saturated carbocycles. The summed E-state index contributed by atoms with van der Waals surface area (Å²) in [6, 6.07) is 4.68. The summed E-state index contributed by atoms with van der Waals surface area (Å²) in [5.74, 6) is 0.973. The SMILES string of the molecule is CCCn1ccnc1CNc1cccc(F)n1. The van der Waals surface area contributed by atoms with Gasteiger partial charge in [-0.3, -0.25) is 0 Å². The lowest BCUT2D eigenvalue weighted by molar-refractivity contribution is 0.584. The molecule has 0 saturated heterocycles. The number of aromatic nitrogens is 3. The Morgan fingerprint density at radius 3 is 3.06 bits per heavy atom. The monoisotopic (exact) mass is 234 g/mol. The minimum absolute atomic E-state index is 0.480. The van der Waals surface area contributed by atoms with Crippen molar-refractivity contribution in [2.75, 3.05) is 5.32 Å². The normalized spacial score (nSPS) is 10.5. The van der Waals surface area contributed by atoms with Crippen molar-refractivity contribution in [3.63, 3.8) is 0 Å². The first kappa shape index (κ1) is 11.6. The standard InChI is InChI=1S/C12H15FN4/c1-2-7-17-8-6-14-12(17)9-15-11-5-3-4-10(13)16-11/h3-6,8H,2,7,9H2,1H3,(H,15,16). The average molecular weight is 234 g/mol. The zero-order valence-corrected chi connectivity index (χ0v) is 9.73. The Morgan fingerprint density at radius 2 is 2.29 bits per heavy atom. The number of imidazole rings is 1. The van der Waals surface area contributed by atoms with Crippen LogP contribution < -0.4 is 5.32 Å². The Morgan fingerprint density at radius 1 is 1.41 bits per heavy atom. The molecule has 0 fully saturated rings. The molecule has 0 unspecified atom stereocenters. The molecule has 0 aliphatic rings. The minimum atomic E-state index is -0.480. The van der Waals surface area contributed by atoms with E-state index in [4.69, 9.17) is 0 Å². The van der Waals surface area contributed by atoms with E-state index in [0.29, 0.717) is 12.4 Å². The summed E-state index contributed by atoms with van der Waals surface area (Å²) in [6.45, 7) is 3.60. The number of pyridine rings is 1. The first-order valence-corrected chi connectivity index (χ1v) is 5.66. The Bertz CT molecular complexity index is 481. The molecule has 0 aliphatic carbocycles. The molecule has 5 heteroatoms. The highest BCUT2D eigenvalue weighted by Crippen LogP contribution is 2.06. The van der Waals surface area contributed by atoms with Crippen molar-refractivity contribution in [1.29, 1.82) is 0 Å². The summed E-state index contributed by atoms with van der Waals surface area (Å²) in [4.78, 5) is 7.98. The third-order valence-electron chi connectivity index (χ3n) is 2.41. The highest BCUT2D eigenvalue weighted by atomic mass is 19.1. The fourth-order valence-corrected chi connectivity index (χ4v) is 1.63. The molecule has 2 heterocycles. The summed E-state index contributed by atoms with van der Waals surface area (Å²) in [7, 11) is 0. The van der Waals surface area contributed by atoms with Gasteiger partial charge in [0.1, 0.15) is 11.6 Å². The Kier molecular flexibility index (Phi) is 3.69. The van der Waals surface area contributed by atoms with E-state index >= 15 is 0 Å². The van der Waals surface area contributed by atoms with Crippen LogP contribution in [0, 0.1) is 5.95 Å². The number of rotatable bonds is 5. The third-order valence-corrected chi connectivity index (χ3v) is 2.41. The van der Waals surface area contributed by atoms with E-state index in [9.17, 15) is 4.39 Å². The quantitative estimate of drug-likeness (QED) is 0.808. The lowest BCUT2D eigenvalue weighted by Crippen LogP contribution is -2.09. The maximum atomic E-state index is 12.9. The van der Waals surface area contributed by atoms with Gasteiger partial charge in [-0.05, 0) is 18.6 Å². The van der Waals surface area contributed by atoms with Crippen LogP contribution in [0.2, 0.25) is 0 Å². The molecule has 4 nitrogen and oxygen atoms in total. The van der Waals surface area contributed by atoms with Gasteiger partial charge in [0, 0.05) is 18.9 Å². The third kappa shape index (κ3) is 3.03. The van der Waals surface area contributed by atoms with Crippen LogP contribution in [0.3, 0.4) is 0 Å². The van der Waals surface area contributed by atoms with Crippen molar-refractivity contribution in [3.8, 4) is 0 Å². The molecule has 0 aromatic carbocycles. The van der Waals surface area contributed by atoms with Gasteiger partial charge in [-0.2, -0.15) is 4.39 Å². The zero-order valence-electron chi connectivity index (χ0n) is 9.73. The fourth-order valence-electron chi connectivity index (χ4n) is 1.63. The molecule has 0 aliphatic heterocycles. The van der Waals surface area contributed by atoms with Gasteiger partial charge >= 0.3 is 0 Å². The van der Waals surface area contributed by atoms with Crippen LogP contribution in [0.1, 0.15) is 19.2 Å². The molecular formula is C12H15FN4. The highest BCUT2D eigenvalue weighted by Gasteiger charge is 2.02. The smallest absolute Gasteiger partial charge is 0.214 e. The van der Waals surface area contributed by atoms with Crippen LogP contribution >= 0.6 is 0 Å². The van der Waals surface area contributed by atoms with E-state index < -0.39 is 5.95 Å². The van der Waals surface area contributed by atoms with Gasteiger partial charge in [0.25, 0.3) is 0 Å². The van der Waals surface area contributed by atoms with Gasteiger partial charge in [-0.1, -0.05) is 13.0 Å². The van der Waals surface area contributed by atoms with Gasteiger partial charge in [-0.15, -0.1) is 0 Å². The molecule has 0 amide bonds. The molecular weight excluding hydrogens is 219 g/mol. The predicted octanol–water partition coefficient (Wildman–Crippen LogP) is 2.44. The molecule has 0 bridgehead atoms. The van der Waals surface area contributed by atoms with Crippen molar-refractivity contribution in [3.05, 3.63) is 42.4 Å². The number of hydrogen-bond donors (Lipinski definition) is 1. The number of nitrogens with zero attached hydrogens (tertiary/aromatic N) is 3. The van der Waals surface area contributed by atoms with Crippen LogP contribution in [0.25, 0.3) is 0 Å². The van der Waals surface area contributed by atoms with Crippen molar-refractivity contribution < 1.29 is 4.39 Å². The van der Waals surface area contributed by atoms with Gasteiger partial charge in [0.05, 0.1) is 6.54 Å². The molecule has 2 rings (SSSR count). The van der Waals surface area contributed by atoms with Crippen molar-refractivity contribution in [2.45, 2.75) is 26.4 Å². The second-order valence-electron chi connectivity index (χ2n) is 3.74. The number of hydrogen-bond acceptors (Lipinski definition) is 3. The zero-order chi connectivity index (χ0) is 12.1. The van der Waals surface area contributed by atoms with E-state index in [0.717, 1.165) is 18.8 Å². The lowest BCUT2D eigenvalue weighted by Gasteiger charge is -2.08. The molecule has 1 N–H and O–H groups in total. The molecule has 0 radical (unpaired) electrons. The van der Waals surface area contributed by atoms with E-state index in [2.05, 4.69) is 26.8 Å². The second-order valence-corrected chi connectivity index (χ2v) is 3.74. The fraction of sp³-hybridized carbons (Fsp3) is 0.333. The van der Waals surface area contributed by atoms with Crippen molar-refractivity contribution in [2.24, 2.45) is 0 Å². The number of nitrogens with one attached hydrogen (secondary N) is 1. The van der Waals surface area contributed by atoms with Gasteiger partial charge in [-0.25, -0.2) is 9.97 Å². The summed E-state index contributed by atoms with van der Waals surface area (Å²) in [5, 5.41) is 3.05. The highest BCUT2D eigenvalue weighted by molar-refractivity contribution is 5.33. The summed E-state index contributed by atoms with van der Waals surface area (Å²) in [6.07, 6.45) is 4.77. The number of halogens is 1. The van der Waals surface area contributed by atoms with Crippen molar-refractivity contribution >= 4 is 5.82 Å². The summed E-state index contributed by atoms with van der Waals surface area (Å²) >= 11 is 0. The van der Waals surface area contributed by atoms with Crippen LogP contribution in [-0.2, 0) is 13.1 Å². The largest absolute Gasteiger partial charge is 0.363 e. The van der Waals surface area contributed by atoms with Gasteiger partial charge < -0.3 is 9.88 Å². The molecule has 0 spiro atoms. The van der Waals surface area contributed by atoms with Gasteiger partial charge in [0.2, 0.25) is 5.95 Å². The van der Waals surface area contributed by atoms with Crippen LogP contribution in [-0.4, -0.2) is 14.5 Å². The van der Waals surface area contributed by atoms with Crippen LogP contribution in [0.5, 0.6) is 0 Å². The van der Waals surface area contributed by atoms with Crippen molar-refractivity contribution in [1.82, 2.24) is 14.5 Å². The first-order chi connectivity index (χ1) is 8.29. The Labute approximate surface area is 99.5 Å². The molecule has 17 heavy (non-hydrogen) atoms. The maximum Gasteiger partial charge on any atom is 0.214 e. The maximum absolute atomic E-state index is 12.9. The number of aryl methyl sites for hydroxylation is 1. The molecule has 0 atom stereocenters. The lowest BCUT2D eigenvalue weighted by atomic mass is 10.4. The Hall–Kier alpha value is -1.91. The number of anilines is 1. The van der Waals surface area contributed by atoms with E-state index in [-0.39, 0.29) is 0 Å². The first-order valence-electron chi connectivity index (χ1n) is 5.66. The van der Waals surface area contributed by atoms with E-state index in [1.54, 1.807) is 18.3 Å². The molecule has 90 valence electrons. The average Bonchev–Trinajstić information content (AvgIpc) is 2.75. The predicted molar refractivity (Wildman–Crippen MR) is 64.0 cm³/mol. The van der Waals surface area contributed by atoms with Crippen LogP contribution in [0.4, 0.5) is 10.2 Å².